The number of halogens is 3. The van der Waals surface area contributed by atoms with Gasteiger partial charge in [-0.05, 0) is 91.8 Å². The van der Waals surface area contributed by atoms with Gasteiger partial charge in [-0.2, -0.15) is 13.2 Å². The number of ether oxygens (including phenoxy) is 4. The first-order valence-corrected chi connectivity index (χ1v) is 19.2. The van der Waals surface area contributed by atoms with Crippen LogP contribution in [0.15, 0.2) is 72.8 Å². The number of esters is 3. The van der Waals surface area contributed by atoms with Crippen molar-refractivity contribution in [2.24, 2.45) is 5.92 Å². The zero-order valence-electron chi connectivity index (χ0n) is 31.0. The molecule has 2 unspecified atom stereocenters. The number of fused-ring (bicyclic) bond motifs is 1. The van der Waals surface area contributed by atoms with E-state index in [0.29, 0.717) is 36.3 Å². The Morgan fingerprint density at radius 2 is 1.26 bits per heavy atom. The average Bonchev–Trinajstić information content (AvgIpc) is 3.15. The van der Waals surface area contributed by atoms with Gasteiger partial charge in [-0.1, -0.05) is 102 Å². The molecule has 1 aliphatic carbocycles. The van der Waals surface area contributed by atoms with Crippen molar-refractivity contribution in [2.75, 3.05) is 6.61 Å². The highest BCUT2D eigenvalue weighted by Crippen LogP contribution is 2.40. The third-order valence-electron chi connectivity index (χ3n) is 9.59. The second kappa shape index (κ2) is 21.4. The molecule has 0 aromatic heterocycles. The molecule has 4 rings (SSSR count). The van der Waals surface area contributed by atoms with E-state index in [-0.39, 0.29) is 30.6 Å². The zero-order chi connectivity index (χ0) is 38.1. The van der Waals surface area contributed by atoms with Crippen molar-refractivity contribution < 1.29 is 46.5 Å². The van der Waals surface area contributed by atoms with Gasteiger partial charge in [0, 0.05) is 0 Å². The van der Waals surface area contributed by atoms with Crippen LogP contribution in [0.25, 0.3) is 0 Å². The molecule has 0 amide bonds. The minimum absolute atomic E-state index is 0.113. The molecular formula is C43H53F3O7. The van der Waals surface area contributed by atoms with Gasteiger partial charge < -0.3 is 18.9 Å². The average molecular weight is 739 g/mol. The van der Waals surface area contributed by atoms with Gasteiger partial charge in [0.2, 0.25) is 0 Å². The molecule has 10 heteroatoms. The first kappa shape index (κ1) is 41.4. The summed E-state index contributed by atoms with van der Waals surface area (Å²) in [6, 6.07) is 19.5. The summed E-state index contributed by atoms with van der Waals surface area (Å²) in [6.07, 6.45) is 4.45. The van der Waals surface area contributed by atoms with Gasteiger partial charge in [0.05, 0.1) is 23.7 Å². The number of benzene rings is 3. The van der Waals surface area contributed by atoms with Crippen LogP contribution in [0.2, 0.25) is 0 Å². The molecule has 0 heterocycles. The lowest BCUT2D eigenvalue weighted by atomic mass is 9.81. The highest BCUT2D eigenvalue weighted by atomic mass is 19.4. The number of unbranched alkanes of at least 4 members (excludes halogenated alkanes) is 10. The predicted molar refractivity (Wildman–Crippen MR) is 197 cm³/mol. The number of carbonyl (C=O) groups is 3. The van der Waals surface area contributed by atoms with Gasteiger partial charge in [0.25, 0.3) is 0 Å². The SMILES string of the molecule is CCCCCCCCCCOc1ccc(C(=O)Oc2ccc(C(=O)OC3c4ccccc4CCC3C(=O)O[C@H](CCCCCC)C(F)(F)F)cc2)cc1. The fourth-order valence-electron chi connectivity index (χ4n) is 6.50. The number of hydrogen-bond acceptors (Lipinski definition) is 7. The maximum Gasteiger partial charge on any atom is 0.425 e. The summed E-state index contributed by atoms with van der Waals surface area (Å²) in [5.41, 5.74) is 1.83. The summed E-state index contributed by atoms with van der Waals surface area (Å²) < 4.78 is 63.8. The standard InChI is InChI=1S/C43H53F3O7/c1-3-5-7-9-10-11-12-16-30-50-34-25-20-32(21-26-34)40(47)51-35-27-22-33(23-28-35)41(48)53-39-36-18-15-14-17-31(36)24-29-37(39)42(49)52-38(43(44,45)46)19-13-8-6-4-2/h14-15,17-18,20-23,25-28,37-39H,3-13,16,19,24,29-30H2,1-2H3/t37?,38-,39?/m1/s1. The normalized spacial score (nSPS) is 15.9. The highest BCUT2D eigenvalue weighted by molar-refractivity contribution is 5.92. The van der Waals surface area contributed by atoms with E-state index in [4.69, 9.17) is 18.9 Å². The topological polar surface area (TPSA) is 88.1 Å². The van der Waals surface area contributed by atoms with Crippen molar-refractivity contribution in [1.82, 2.24) is 0 Å². The lowest BCUT2D eigenvalue weighted by Gasteiger charge is -2.33. The number of alkyl halides is 3. The van der Waals surface area contributed by atoms with E-state index >= 15 is 0 Å². The van der Waals surface area contributed by atoms with Crippen LogP contribution in [0.1, 0.15) is 142 Å². The smallest absolute Gasteiger partial charge is 0.425 e. The lowest BCUT2D eigenvalue weighted by molar-refractivity contribution is -0.227. The third kappa shape index (κ3) is 13.2. The van der Waals surface area contributed by atoms with Crippen LogP contribution in [0.5, 0.6) is 11.5 Å². The van der Waals surface area contributed by atoms with Crippen molar-refractivity contribution in [3.05, 3.63) is 95.1 Å². The van der Waals surface area contributed by atoms with Gasteiger partial charge in [0.15, 0.2) is 6.10 Å². The van der Waals surface area contributed by atoms with E-state index in [9.17, 15) is 27.6 Å². The molecule has 53 heavy (non-hydrogen) atoms. The van der Waals surface area contributed by atoms with Crippen LogP contribution >= 0.6 is 0 Å². The van der Waals surface area contributed by atoms with Gasteiger partial charge in [0.1, 0.15) is 17.6 Å². The van der Waals surface area contributed by atoms with Crippen LogP contribution in [0, 0.1) is 5.92 Å². The van der Waals surface area contributed by atoms with E-state index in [1.807, 2.05) is 19.1 Å². The maximum atomic E-state index is 13.9. The minimum atomic E-state index is -4.71. The fourth-order valence-corrected chi connectivity index (χ4v) is 6.50. The van der Waals surface area contributed by atoms with Gasteiger partial charge >= 0.3 is 24.1 Å². The van der Waals surface area contributed by atoms with E-state index in [2.05, 4.69) is 6.92 Å². The van der Waals surface area contributed by atoms with Crippen LogP contribution in [-0.2, 0) is 20.7 Å². The monoisotopic (exact) mass is 738 g/mol. The third-order valence-corrected chi connectivity index (χ3v) is 9.59. The molecule has 3 aromatic carbocycles. The number of rotatable bonds is 21. The number of carbonyl (C=O) groups excluding carboxylic acids is 3. The van der Waals surface area contributed by atoms with Gasteiger partial charge in [-0.25, -0.2) is 9.59 Å². The molecular weight excluding hydrogens is 685 g/mol. The number of hydrogen-bond donors (Lipinski definition) is 0. The molecule has 0 aliphatic heterocycles. The van der Waals surface area contributed by atoms with E-state index in [1.54, 1.807) is 36.4 Å². The molecule has 3 aromatic rings. The summed E-state index contributed by atoms with van der Waals surface area (Å²) >= 11 is 0. The Morgan fingerprint density at radius 3 is 1.91 bits per heavy atom. The number of aryl methyl sites for hydroxylation is 1. The molecule has 0 N–H and O–H groups in total. The van der Waals surface area contributed by atoms with E-state index in [1.165, 1.54) is 62.8 Å². The quantitative estimate of drug-likeness (QED) is 0.0611. The van der Waals surface area contributed by atoms with Crippen LogP contribution in [0.3, 0.4) is 0 Å². The molecule has 3 atom stereocenters. The maximum absolute atomic E-state index is 13.9. The summed E-state index contributed by atoms with van der Waals surface area (Å²) in [7, 11) is 0. The Hall–Kier alpha value is -4.34. The summed E-state index contributed by atoms with van der Waals surface area (Å²) in [5.74, 6) is -2.65. The molecule has 0 bridgehead atoms. The van der Waals surface area contributed by atoms with Crippen molar-refractivity contribution in [1.29, 1.82) is 0 Å². The molecule has 1 aliphatic rings. The Morgan fingerprint density at radius 1 is 0.698 bits per heavy atom. The Balaban J connectivity index is 1.32. The summed E-state index contributed by atoms with van der Waals surface area (Å²) in [5, 5.41) is 0. The zero-order valence-corrected chi connectivity index (χ0v) is 31.0. The largest absolute Gasteiger partial charge is 0.494 e. The Kier molecular flexibility index (Phi) is 16.7. The Bertz CT molecular complexity index is 1570. The van der Waals surface area contributed by atoms with Crippen LogP contribution in [0.4, 0.5) is 13.2 Å². The van der Waals surface area contributed by atoms with Gasteiger partial charge in [-0.15, -0.1) is 0 Å². The molecule has 7 nitrogen and oxygen atoms in total. The molecule has 0 fully saturated rings. The molecule has 0 saturated carbocycles. The fraction of sp³-hybridized carbons (Fsp3) is 0.512. The highest BCUT2D eigenvalue weighted by Gasteiger charge is 2.45. The van der Waals surface area contributed by atoms with Crippen molar-refractivity contribution in [2.45, 2.75) is 129 Å². The second-order valence-electron chi connectivity index (χ2n) is 13.7. The summed E-state index contributed by atoms with van der Waals surface area (Å²) in [6.45, 7) is 4.79. The molecule has 0 saturated heterocycles. The van der Waals surface area contributed by atoms with Crippen molar-refractivity contribution >= 4 is 17.9 Å². The Labute approximate surface area is 311 Å². The molecule has 0 radical (unpaired) electrons. The van der Waals surface area contributed by atoms with E-state index in [0.717, 1.165) is 31.2 Å². The lowest BCUT2D eigenvalue weighted by Crippen LogP contribution is -2.39. The first-order chi connectivity index (χ1) is 25.6. The van der Waals surface area contributed by atoms with Crippen molar-refractivity contribution in [3.63, 3.8) is 0 Å². The van der Waals surface area contributed by atoms with Crippen LogP contribution < -0.4 is 9.47 Å². The van der Waals surface area contributed by atoms with Crippen molar-refractivity contribution in [3.8, 4) is 11.5 Å². The second-order valence-corrected chi connectivity index (χ2v) is 13.7. The molecule has 0 spiro atoms. The van der Waals surface area contributed by atoms with Crippen LogP contribution in [-0.4, -0.2) is 36.8 Å². The minimum Gasteiger partial charge on any atom is -0.494 e. The first-order valence-electron chi connectivity index (χ1n) is 19.2. The molecule has 288 valence electrons. The van der Waals surface area contributed by atoms with Gasteiger partial charge in [-0.3, -0.25) is 4.79 Å². The predicted octanol–water partition coefficient (Wildman–Crippen LogP) is 11.3. The van der Waals surface area contributed by atoms with E-state index < -0.39 is 42.2 Å². The summed E-state index contributed by atoms with van der Waals surface area (Å²) in [4.78, 5) is 39.5.